The van der Waals surface area contributed by atoms with E-state index in [9.17, 15) is 14.4 Å². The van der Waals surface area contributed by atoms with Crippen LogP contribution in [0.3, 0.4) is 0 Å². The highest BCUT2D eigenvalue weighted by Gasteiger charge is 2.28. The molecule has 0 aliphatic heterocycles. The van der Waals surface area contributed by atoms with Gasteiger partial charge in [0.2, 0.25) is 0 Å². The predicted molar refractivity (Wildman–Crippen MR) is 122 cm³/mol. The molecule has 166 valence electrons. The number of amides is 2. The summed E-state index contributed by atoms with van der Waals surface area (Å²) >= 11 is 0. The molecule has 0 heterocycles. The summed E-state index contributed by atoms with van der Waals surface area (Å²) in [5.41, 5.74) is 3.12. The van der Waals surface area contributed by atoms with Crippen molar-refractivity contribution < 1.29 is 19.1 Å². The number of anilines is 1. The normalized spacial score (nSPS) is 12.7. The Labute approximate surface area is 184 Å². The lowest BCUT2D eigenvalue weighted by molar-refractivity contribution is -0.155. The zero-order valence-electron chi connectivity index (χ0n) is 18.9. The molecule has 0 aliphatic carbocycles. The van der Waals surface area contributed by atoms with Crippen molar-refractivity contribution in [1.29, 1.82) is 0 Å². The molecular weight excluding hydrogens is 392 g/mol. The lowest BCUT2D eigenvalue weighted by Gasteiger charge is -2.22. The number of ether oxygens (including phenoxy) is 1. The van der Waals surface area contributed by atoms with Crippen molar-refractivity contribution in [3.05, 3.63) is 65.2 Å². The van der Waals surface area contributed by atoms with Gasteiger partial charge in [-0.3, -0.25) is 9.59 Å². The van der Waals surface area contributed by atoms with Crippen LogP contribution in [-0.2, 0) is 20.7 Å². The summed E-state index contributed by atoms with van der Waals surface area (Å²) < 4.78 is 5.39. The Balaban J connectivity index is 2.02. The number of carbonyl (C=O) groups is 3. The minimum atomic E-state index is -0.997. The summed E-state index contributed by atoms with van der Waals surface area (Å²) in [7, 11) is 0. The van der Waals surface area contributed by atoms with Gasteiger partial charge in [0.1, 0.15) is 6.04 Å². The second kappa shape index (κ2) is 11.3. The summed E-state index contributed by atoms with van der Waals surface area (Å²) in [5.74, 6) is -1.24. The average Bonchev–Trinajstić information content (AvgIpc) is 2.73. The number of benzene rings is 2. The molecule has 31 heavy (non-hydrogen) atoms. The second-order valence-corrected chi connectivity index (χ2v) is 8.09. The van der Waals surface area contributed by atoms with Crippen molar-refractivity contribution in [3.63, 3.8) is 0 Å². The van der Waals surface area contributed by atoms with E-state index in [0.29, 0.717) is 17.7 Å². The third-order valence-corrected chi connectivity index (χ3v) is 4.98. The molecule has 0 aromatic heterocycles. The minimum Gasteiger partial charge on any atom is -0.451 e. The van der Waals surface area contributed by atoms with Crippen LogP contribution in [-0.4, -0.2) is 29.9 Å². The summed E-state index contributed by atoms with van der Waals surface area (Å²) in [4.78, 5) is 37.9. The van der Waals surface area contributed by atoms with Gasteiger partial charge < -0.3 is 15.4 Å². The van der Waals surface area contributed by atoms with Gasteiger partial charge in [-0.15, -0.1) is 0 Å². The van der Waals surface area contributed by atoms with Gasteiger partial charge in [-0.25, -0.2) is 4.79 Å². The standard InChI is InChI=1S/C25H32N2O4/c1-6-19-11-13-20(14-12-19)26-23(28)18(5)31-25(30)22(15-16(2)3)27-24(29)21-10-8-7-9-17(21)4/h7-14,16,18,22H,6,15H2,1-5H3,(H,26,28)(H,27,29)/t18-,22+/m1/s1. The third kappa shape index (κ3) is 7.24. The molecule has 6 nitrogen and oxygen atoms in total. The first-order valence-corrected chi connectivity index (χ1v) is 10.7. The molecular formula is C25H32N2O4. The second-order valence-electron chi connectivity index (χ2n) is 8.09. The largest absolute Gasteiger partial charge is 0.451 e. The van der Waals surface area contributed by atoms with Crippen LogP contribution in [0.1, 0.15) is 55.6 Å². The Bertz CT molecular complexity index is 906. The molecule has 2 rings (SSSR count). The van der Waals surface area contributed by atoms with Gasteiger partial charge in [0, 0.05) is 11.3 Å². The molecule has 0 radical (unpaired) electrons. The summed E-state index contributed by atoms with van der Waals surface area (Å²) in [6.45, 7) is 9.32. The average molecular weight is 425 g/mol. The number of hydrogen-bond acceptors (Lipinski definition) is 4. The number of carbonyl (C=O) groups excluding carboxylic acids is 3. The summed E-state index contributed by atoms with van der Waals surface area (Å²) in [6, 6.07) is 13.8. The van der Waals surface area contributed by atoms with Gasteiger partial charge in [-0.05, 0) is 61.9 Å². The Kier molecular flexibility index (Phi) is 8.79. The molecule has 0 unspecified atom stereocenters. The van der Waals surface area contributed by atoms with E-state index < -0.39 is 24.0 Å². The van der Waals surface area contributed by atoms with Gasteiger partial charge in [-0.2, -0.15) is 0 Å². The number of hydrogen-bond donors (Lipinski definition) is 2. The van der Waals surface area contributed by atoms with E-state index in [1.807, 2.05) is 57.2 Å². The molecule has 6 heteroatoms. The molecule has 0 bridgehead atoms. The number of rotatable bonds is 9. The third-order valence-electron chi connectivity index (χ3n) is 4.98. The fourth-order valence-corrected chi connectivity index (χ4v) is 3.13. The highest BCUT2D eigenvalue weighted by molar-refractivity contribution is 5.99. The topological polar surface area (TPSA) is 84.5 Å². The van der Waals surface area contributed by atoms with Crippen molar-refractivity contribution in [3.8, 4) is 0 Å². The summed E-state index contributed by atoms with van der Waals surface area (Å²) in [6.07, 6.45) is 0.320. The first kappa shape index (κ1) is 24.1. The maximum atomic E-state index is 12.8. The maximum absolute atomic E-state index is 12.8. The molecule has 0 aliphatic rings. The zero-order valence-corrected chi connectivity index (χ0v) is 18.9. The molecule has 0 spiro atoms. The molecule has 0 saturated carbocycles. The van der Waals surface area contributed by atoms with Crippen LogP contribution in [0.4, 0.5) is 5.69 Å². The van der Waals surface area contributed by atoms with E-state index in [-0.39, 0.29) is 11.8 Å². The Hall–Kier alpha value is -3.15. The molecule has 0 fully saturated rings. The van der Waals surface area contributed by atoms with E-state index in [4.69, 9.17) is 4.74 Å². The van der Waals surface area contributed by atoms with Gasteiger partial charge >= 0.3 is 5.97 Å². The molecule has 2 N–H and O–H groups in total. The molecule has 2 aromatic carbocycles. The van der Waals surface area contributed by atoms with Crippen LogP contribution in [0.5, 0.6) is 0 Å². The lowest BCUT2D eigenvalue weighted by atomic mass is 10.0. The number of aryl methyl sites for hydroxylation is 2. The van der Waals surface area contributed by atoms with Crippen LogP contribution in [0.2, 0.25) is 0 Å². The first-order chi connectivity index (χ1) is 14.7. The molecule has 2 atom stereocenters. The monoisotopic (exact) mass is 424 g/mol. The van der Waals surface area contributed by atoms with Crippen LogP contribution >= 0.6 is 0 Å². The van der Waals surface area contributed by atoms with Crippen molar-refractivity contribution in [2.24, 2.45) is 5.92 Å². The highest BCUT2D eigenvalue weighted by Crippen LogP contribution is 2.13. The maximum Gasteiger partial charge on any atom is 0.329 e. The Morgan fingerprint density at radius 2 is 1.61 bits per heavy atom. The van der Waals surface area contributed by atoms with E-state index >= 15 is 0 Å². The fraction of sp³-hybridized carbons (Fsp3) is 0.400. The van der Waals surface area contributed by atoms with E-state index in [1.54, 1.807) is 12.1 Å². The smallest absolute Gasteiger partial charge is 0.329 e. The van der Waals surface area contributed by atoms with Gasteiger partial charge in [0.15, 0.2) is 6.10 Å². The number of nitrogens with one attached hydrogen (secondary N) is 2. The van der Waals surface area contributed by atoms with Crippen LogP contribution in [0.25, 0.3) is 0 Å². The fourth-order valence-electron chi connectivity index (χ4n) is 3.13. The first-order valence-electron chi connectivity index (χ1n) is 10.7. The lowest BCUT2D eigenvalue weighted by Crippen LogP contribution is -2.45. The molecule has 2 amide bonds. The van der Waals surface area contributed by atoms with E-state index in [2.05, 4.69) is 17.6 Å². The highest BCUT2D eigenvalue weighted by atomic mass is 16.5. The Morgan fingerprint density at radius 3 is 2.19 bits per heavy atom. The predicted octanol–water partition coefficient (Wildman–Crippen LogP) is 4.27. The van der Waals surface area contributed by atoms with Crippen molar-refractivity contribution in [2.45, 2.75) is 59.6 Å². The SMILES string of the molecule is CCc1ccc(NC(=O)[C@@H](C)OC(=O)[C@H](CC(C)C)NC(=O)c2ccccc2C)cc1. The quantitative estimate of drug-likeness (QED) is 0.589. The van der Waals surface area contributed by atoms with Crippen molar-refractivity contribution >= 4 is 23.5 Å². The summed E-state index contributed by atoms with van der Waals surface area (Å²) in [5, 5.41) is 5.52. The Morgan fingerprint density at radius 1 is 0.968 bits per heavy atom. The van der Waals surface area contributed by atoms with Gasteiger partial charge in [-0.1, -0.05) is 51.1 Å². The van der Waals surface area contributed by atoms with Crippen LogP contribution in [0.15, 0.2) is 48.5 Å². The number of esters is 1. The van der Waals surface area contributed by atoms with Crippen molar-refractivity contribution in [2.75, 3.05) is 5.32 Å². The van der Waals surface area contributed by atoms with E-state index in [1.165, 1.54) is 12.5 Å². The van der Waals surface area contributed by atoms with Crippen molar-refractivity contribution in [1.82, 2.24) is 5.32 Å². The van der Waals surface area contributed by atoms with Crippen LogP contribution in [0, 0.1) is 12.8 Å². The zero-order chi connectivity index (χ0) is 23.0. The van der Waals surface area contributed by atoms with Crippen LogP contribution < -0.4 is 10.6 Å². The minimum absolute atomic E-state index is 0.149. The van der Waals surface area contributed by atoms with E-state index in [0.717, 1.165) is 12.0 Å². The molecule has 2 aromatic rings. The van der Waals surface area contributed by atoms with Gasteiger partial charge in [0.05, 0.1) is 0 Å². The molecule has 0 saturated heterocycles. The van der Waals surface area contributed by atoms with Gasteiger partial charge in [0.25, 0.3) is 11.8 Å².